The first-order valence-corrected chi connectivity index (χ1v) is 11.5. The summed E-state index contributed by atoms with van der Waals surface area (Å²) in [7, 11) is -2.69. The standard InChI is InChI=1S/C22H24FN3O5S/c1-3-31-12-4-11-24-22(28)19-14-25-20-10-9-17(13-18(20)21(19)27)32(29,30)26(2)16-7-5-15(23)6-8-16/h5-10,13-14H,3-4,11-12H2,1-2H3,(H,24,28)(H,25,27). The van der Waals surface area contributed by atoms with Crippen LogP contribution in [0, 0.1) is 5.82 Å². The highest BCUT2D eigenvalue weighted by Crippen LogP contribution is 2.24. The molecule has 2 N–H and O–H groups in total. The maximum absolute atomic E-state index is 13.2. The van der Waals surface area contributed by atoms with E-state index in [1.54, 1.807) is 0 Å². The highest BCUT2D eigenvalue weighted by atomic mass is 32.2. The lowest BCUT2D eigenvalue weighted by Gasteiger charge is -2.19. The Bertz CT molecular complexity index is 1270. The summed E-state index contributed by atoms with van der Waals surface area (Å²) in [5.41, 5.74) is -0.0373. The van der Waals surface area contributed by atoms with Crippen LogP contribution >= 0.6 is 0 Å². The molecule has 8 nitrogen and oxygen atoms in total. The molecule has 10 heteroatoms. The van der Waals surface area contributed by atoms with Crippen molar-refractivity contribution in [2.45, 2.75) is 18.2 Å². The number of nitrogens with one attached hydrogen (secondary N) is 2. The highest BCUT2D eigenvalue weighted by molar-refractivity contribution is 7.92. The quantitative estimate of drug-likeness (QED) is 0.476. The Morgan fingerprint density at radius 1 is 1.19 bits per heavy atom. The fraction of sp³-hybridized carbons (Fsp3) is 0.273. The lowest BCUT2D eigenvalue weighted by Crippen LogP contribution is -2.30. The summed E-state index contributed by atoms with van der Waals surface area (Å²) in [6.07, 6.45) is 1.91. The Kier molecular flexibility index (Phi) is 7.26. The lowest BCUT2D eigenvalue weighted by molar-refractivity contribution is 0.0943. The van der Waals surface area contributed by atoms with Crippen molar-refractivity contribution >= 4 is 32.5 Å². The van der Waals surface area contributed by atoms with Crippen LogP contribution in [0.3, 0.4) is 0 Å². The number of carbonyl (C=O) groups is 1. The number of H-pyrrole nitrogens is 1. The highest BCUT2D eigenvalue weighted by Gasteiger charge is 2.23. The molecule has 1 heterocycles. The van der Waals surface area contributed by atoms with E-state index >= 15 is 0 Å². The van der Waals surface area contributed by atoms with Gasteiger partial charge in [0, 0.05) is 43.9 Å². The summed E-state index contributed by atoms with van der Waals surface area (Å²) in [6, 6.07) is 9.06. The zero-order chi connectivity index (χ0) is 23.3. The number of aromatic amines is 1. The topological polar surface area (TPSA) is 109 Å². The van der Waals surface area contributed by atoms with Gasteiger partial charge in [-0.1, -0.05) is 0 Å². The van der Waals surface area contributed by atoms with E-state index < -0.39 is 27.2 Å². The van der Waals surface area contributed by atoms with Gasteiger partial charge in [0.05, 0.1) is 10.6 Å². The number of sulfonamides is 1. The van der Waals surface area contributed by atoms with Gasteiger partial charge in [0.1, 0.15) is 11.4 Å². The van der Waals surface area contributed by atoms with E-state index in [0.717, 1.165) is 16.4 Å². The first-order chi connectivity index (χ1) is 15.3. The molecule has 0 aliphatic rings. The Morgan fingerprint density at radius 3 is 2.59 bits per heavy atom. The van der Waals surface area contributed by atoms with Gasteiger partial charge in [0.2, 0.25) is 5.43 Å². The van der Waals surface area contributed by atoms with Gasteiger partial charge in [-0.05, 0) is 55.8 Å². The number of anilines is 1. The average Bonchev–Trinajstić information content (AvgIpc) is 2.79. The molecule has 0 aliphatic carbocycles. The molecule has 0 aliphatic heterocycles. The smallest absolute Gasteiger partial charge is 0.264 e. The van der Waals surface area contributed by atoms with Crippen molar-refractivity contribution in [3.63, 3.8) is 0 Å². The minimum Gasteiger partial charge on any atom is -0.382 e. The molecule has 1 amide bonds. The number of halogens is 1. The van der Waals surface area contributed by atoms with Gasteiger partial charge in [-0.15, -0.1) is 0 Å². The van der Waals surface area contributed by atoms with Crippen molar-refractivity contribution in [1.29, 1.82) is 0 Å². The van der Waals surface area contributed by atoms with E-state index in [1.165, 1.54) is 43.6 Å². The van der Waals surface area contributed by atoms with E-state index in [1.807, 2.05) is 6.92 Å². The molecule has 170 valence electrons. The fourth-order valence-corrected chi connectivity index (χ4v) is 4.31. The molecule has 0 bridgehead atoms. The number of ether oxygens (including phenoxy) is 1. The van der Waals surface area contributed by atoms with Crippen molar-refractivity contribution in [3.05, 3.63) is 70.3 Å². The van der Waals surface area contributed by atoms with Crippen LogP contribution in [0.15, 0.2) is 58.4 Å². The number of hydrogen-bond donors (Lipinski definition) is 2. The van der Waals surface area contributed by atoms with Gasteiger partial charge in [-0.3, -0.25) is 13.9 Å². The zero-order valence-corrected chi connectivity index (χ0v) is 18.5. The summed E-state index contributed by atoms with van der Waals surface area (Å²) in [6.45, 7) is 3.29. The average molecular weight is 462 g/mol. The van der Waals surface area contributed by atoms with Gasteiger partial charge < -0.3 is 15.0 Å². The maximum Gasteiger partial charge on any atom is 0.264 e. The number of nitrogens with zero attached hydrogens (tertiary/aromatic N) is 1. The molecule has 3 rings (SSSR count). The minimum absolute atomic E-state index is 0.0700. The van der Waals surface area contributed by atoms with Crippen LogP contribution < -0.4 is 15.1 Å². The first-order valence-electron chi connectivity index (χ1n) is 10.0. The molecule has 0 fully saturated rings. The monoisotopic (exact) mass is 461 g/mol. The predicted octanol–water partition coefficient (Wildman–Crippen LogP) is 2.65. The number of fused-ring (bicyclic) bond motifs is 1. The van der Waals surface area contributed by atoms with Crippen LogP contribution in [-0.2, 0) is 14.8 Å². The minimum atomic E-state index is -4.03. The molecular weight excluding hydrogens is 437 g/mol. The van der Waals surface area contributed by atoms with Crippen molar-refractivity contribution in [2.75, 3.05) is 31.1 Å². The second-order valence-electron chi connectivity index (χ2n) is 6.99. The van der Waals surface area contributed by atoms with E-state index in [-0.39, 0.29) is 21.5 Å². The summed E-state index contributed by atoms with van der Waals surface area (Å²) < 4.78 is 45.5. The number of aromatic nitrogens is 1. The number of carbonyl (C=O) groups excluding carboxylic acids is 1. The second kappa shape index (κ2) is 9.92. The van der Waals surface area contributed by atoms with E-state index in [9.17, 15) is 22.4 Å². The lowest BCUT2D eigenvalue weighted by atomic mass is 10.1. The Labute approximate surface area is 185 Å². The number of rotatable bonds is 9. The van der Waals surface area contributed by atoms with Gasteiger partial charge in [-0.2, -0.15) is 0 Å². The summed E-state index contributed by atoms with van der Waals surface area (Å²) in [4.78, 5) is 28.1. The molecule has 0 radical (unpaired) electrons. The van der Waals surface area contributed by atoms with Crippen LogP contribution in [0.4, 0.5) is 10.1 Å². The molecular formula is C22H24FN3O5S. The number of hydrogen-bond acceptors (Lipinski definition) is 5. The fourth-order valence-electron chi connectivity index (χ4n) is 3.09. The van der Waals surface area contributed by atoms with E-state index in [4.69, 9.17) is 4.74 Å². The third-order valence-electron chi connectivity index (χ3n) is 4.90. The maximum atomic E-state index is 13.2. The first kappa shape index (κ1) is 23.4. The molecule has 2 aromatic carbocycles. The number of benzene rings is 2. The van der Waals surface area contributed by atoms with Crippen molar-refractivity contribution in [3.8, 4) is 0 Å². The van der Waals surface area contributed by atoms with E-state index in [2.05, 4.69) is 10.3 Å². The molecule has 1 aromatic heterocycles. The SMILES string of the molecule is CCOCCCNC(=O)c1c[nH]c2ccc(S(=O)(=O)N(C)c3ccc(F)cc3)cc2c1=O. The molecule has 0 saturated heterocycles. The number of amides is 1. The van der Waals surface area contributed by atoms with Crippen molar-refractivity contribution in [1.82, 2.24) is 10.3 Å². The molecule has 3 aromatic rings. The summed E-state index contributed by atoms with van der Waals surface area (Å²) >= 11 is 0. The third kappa shape index (κ3) is 4.97. The van der Waals surface area contributed by atoms with Crippen LogP contribution in [0.5, 0.6) is 0 Å². The Morgan fingerprint density at radius 2 is 1.91 bits per heavy atom. The van der Waals surface area contributed by atoms with Gasteiger partial charge in [0.15, 0.2) is 0 Å². The molecule has 0 unspecified atom stereocenters. The van der Waals surface area contributed by atoms with Crippen molar-refractivity contribution in [2.24, 2.45) is 0 Å². The molecule has 0 saturated carbocycles. The van der Waals surface area contributed by atoms with Crippen LogP contribution in [-0.4, -0.2) is 46.1 Å². The normalized spacial score (nSPS) is 11.5. The molecule has 0 spiro atoms. The molecule has 0 atom stereocenters. The van der Waals surface area contributed by atoms with Crippen LogP contribution in [0.25, 0.3) is 10.9 Å². The van der Waals surface area contributed by atoms with E-state index in [0.29, 0.717) is 31.7 Å². The third-order valence-corrected chi connectivity index (χ3v) is 6.68. The Balaban J connectivity index is 1.90. The van der Waals surface area contributed by atoms with Gasteiger partial charge >= 0.3 is 0 Å². The Hall–Kier alpha value is -3.24. The predicted molar refractivity (Wildman–Crippen MR) is 120 cm³/mol. The van der Waals surface area contributed by atoms with Crippen molar-refractivity contribution < 1.29 is 22.3 Å². The molecule has 32 heavy (non-hydrogen) atoms. The van der Waals surface area contributed by atoms with Gasteiger partial charge in [-0.25, -0.2) is 12.8 Å². The number of pyridine rings is 1. The summed E-state index contributed by atoms with van der Waals surface area (Å²) in [5, 5.41) is 2.73. The van der Waals surface area contributed by atoms with Gasteiger partial charge in [0.25, 0.3) is 15.9 Å². The largest absolute Gasteiger partial charge is 0.382 e. The van der Waals surface area contributed by atoms with Crippen LogP contribution in [0.1, 0.15) is 23.7 Å². The zero-order valence-electron chi connectivity index (χ0n) is 17.7. The summed E-state index contributed by atoms with van der Waals surface area (Å²) in [5.74, 6) is -1.04. The second-order valence-corrected chi connectivity index (χ2v) is 8.96. The van der Waals surface area contributed by atoms with Crippen LogP contribution in [0.2, 0.25) is 0 Å².